The highest BCUT2D eigenvalue weighted by atomic mass is 35.5. The molecule has 0 fully saturated rings. The van der Waals surface area contributed by atoms with Gasteiger partial charge < -0.3 is 10.6 Å². The van der Waals surface area contributed by atoms with E-state index in [4.69, 9.17) is 46.4 Å². The van der Waals surface area contributed by atoms with Gasteiger partial charge in [0.2, 0.25) is 0 Å². The van der Waals surface area contributed by atoms with Crippen molar-refractivity contribution < 1.29 is 14.5 Å². The van der Waals surface area contributed by atoms with Crippen LogP contribution in [-0.4, -0.2) is 16.7 Å². The second-order valence-electron chi connectivity index (χ2n) is 6.09. The number of rotatable bonds is 5. The molecule has 0 aliphatic rings. The van der Waals surface area contributed by atoms with Crippen molar-refractivity contribution in [2.45, 2.75) is 0 Å². The maximum Gasteiger partial charge on any atom is 0.292 e. The van der Waals surface area contributed by atoms with Crippen molar-refractivity contribution in [1.29, 1.82) is 0 Å². The summed E-state index contributed by atoms with van der Waals surface area (Å²) in [5, 5.41) is 16.8. The number of halogens is 4. The van der Waals surface area contributed by atoms with Crippen molar-refractivity contribution in [3.63, 3.8) is 0 Å². The van der Waals surface area contributed by atoms with Gasteiger partial charge in [-0.15, -0.1) is 0 Å². The molecule has 2 amide bonds. The van der Waals surface area contributed by atoms with Crippen LogP contribution in [0.3, 0.4) is 0 Å². The Kier molecular flexibility index (Phi) is 7.02. The summed E-state index contributed by atoms with van der Waals surface area (Å²) in [6.07, 6.45) is 0. The van der Waals surface area contributed by atoms with Crippen LogP contribution in [0.5, 0.6) is 0 Å². The average Bonchev–Trinajstić information content (AvgIpc) is 2.67. The molecule has 0 heterocycles. The Hall–Kier alpha value is -2.84. The van der Waals surface area contributed by atoms with Crippen molar-refractivity contribution in [2.24, 2.45) is 0 Å². The monoisotopic (exact) mass is 497 g/mol. The highest BCUT2D eigenvalue weighted by Gasteiger charge is 2.22. The van der Waals surface area contributed by atoms with Crippen LogP contribution in [0, 0.1) is 10.1 Å². The number of nitro groups is 1. The van der Waals surface area contributed by atoms with Crippen LogP contribution in [0.1, 0.15) is 20.7 Å². The Morgan fingerprint density at radius 3 is 1.65 bits per heavy atom. The van der Waals surface area contributed by atoms with Crippen LogP contribution < -0.4 is 10.6 Å². The number of nitrogens with zero attached hydrogens (tertiary/aromatic N) is 1. The third-order valence-corrected chi connectivity index (χ3v) is 5.34. The topological polar surface area (TPSA) is 101 Å². The number of carbonyl (C=O) groups is 2. The Labute approximate surface area is 196 Å². The predicted octanol–water partition coefficient (Wildman–Crippen LogP) is 6.71. The van der Waals surface area contributed by atoms with Gasteiger partial charge in [0.05, 0.1) is 36.1 Å². The molecule has 31 heavy (non-hydrogen) atoms. The minimum atomic E-state index is -0.753. The molecule has 0 aliphatic carbocycles. The lowest BCUT2D eigenvalue weighted by molar-refractivity contribution is -0.383. The van der Waals surface area contributed by atoms with Gasteiger partial charge >= 0.3 is 0 Å². The molecule has 0 radical (unpaired) electrons. The number of amides is 2. The highest BCUT2D eigenvalue weighted by Crippen LogP contribution is 2.32. The van der Waals surface area contributed by atoms with Crippen molar-refractivity contribution >= 4 is 75.3 Å². The maximum atomic E-state index is 12.7. The molecule has 0 unspecified atom stereocenters. The molecule has 2 N–H and O–H groups in total. The predicted molar refractivity (Wildman–Crippen MR) is 122 cm³/mol. The molecule has 158 valence electrons. The average molecular weight is 499 g/mol. The standard InChI is InChI=1S/C20H11Cl4N3O4/c21-11-3-1-4-12(22)17(11)19(28)25-10-7-8-16(27(30)31)15(9-10)26-20(29)18-13(23)5-2-6-14(18)24/h1-9H,(H,25,28)(H,26,29). The van der Waals surface area contributed by atoms with Crippen molar-refractivity contribution in [3.05, 3.63) is 95.9 Å². The lowest BCUT2D eigenvalue weighted by Gasteiger charge is -2.12. The lowest BCUT2D eigenvalue weighted by Crippen LogP contribution is -2.16. The third-order valence-electron chi connectivity index (χ3n) is 4.08. The number of anilines is 2. The van der Waals surface area contributed by atoms with E-state index in [9.17, 15) is 19.7 Å². The lowest BCUT2D eigenvalue weighted by atomic mass is 10.1. The normalized spacial score (nSPS) is 10.5. The molecule has 0 spiro atoms. The molecule has 0 saturated heterocycles. The zero-order valence-electron chi connectivity index (χ0n) is 15.3. The summed E-state index contributed by atoms with van der Waals surface area (Å²) in [7, 11) is 0. The summed E-state index contributed by atoms with van der Waals surface area (Å²) in [5.74, 6) is -1.38. The van der Waals surface area contributed by atoms with Crippen molar-refractivity contribution in [2.75, 3.05) is 10.6 Å². The van der Waals surface area contributed by atoms with Gasteiger partial charge in [0.15, 0.2) is 0 Å². The molecule has 3 aromatic carbocycles. The van der Waals surface area contributed by atoms with Gasteiger partial charge in [0, 0.05) is 11.8 Å². The Balaban J connectivity index is 1.94. The van der Waals surface area contributed by atoms with Crippen molar-refractivity contribution in [1.82, 2.24) is 0 Å². The SMILES string of the molecule is O=C(Nc1ccc([N+](=O)[O-])c(NC(=O)c2c(Cl)cccc2Cl)c1)c1c(Cl)cccc1Cl. The van der Waals surface area contributed by atoms with Gasteiger partial charge in [-0.05, 0) is 36.4 Å². The fourth-order valence-corrected chi connectivity index (χ4v) is 3.82. The van der Waals surface area contributed by atoms with E-state index >= 15 is 0 Å². The number of nitrogens with one attached hydrogen (secondary N) is 2. The van der Waals surface area contributed by atoms with Crippen LogP contribution in [0.4, 0.5) is 17.1 Å². The first-order valence-corrected chi connectivity index (χ1v) is 9.99. The summed E-state index contributed by atoms with van der Waals surface area (Å²) in [6, 6.07) is 12.7. The molecule has 0 aliphatic heterocycles. The first kappa shape index (κ1) is 22.8. The molecular formula is C20H11Cl4N3O4. The second-order valence-corrected chi connectivity index (χ2v) is 7.72. The second kappa shape index (κ2) is 9.53. The van der Waals surface area contributed by atoms with Gasteiger partial charge in [0.25, 0.3) is 17.5 Å². The molecule has 11 heteroatoms. The number of hydrogen-bond donors (Lipinski definition) is 2. The Bertz CT molecular complexity index is 1180. The van der Waals surface area contributed by atoms with Gasteiger partial charge in [0.1, 0.15) is 5.69 Å². The molecule has 3 rings (SSSR count). The fourth-order valence-electron chi connectivity index (χ4n) is 2.68. The van der Waals surface area contributed by atoms with Crippen LogP contribution >= 0.6 is 46.4 Å². The first-order chi connectivity index (χ1) is 14.7. The molecule has 0 saturated carbocycles. The van der Waals surface area contributed by atoms with Crippen LogP contribution in [0.2, 0.25) is 20.1 Å². The zero-order valence-corrected chi connectivity index (χ0v) is 18.3. The van der Waals surface area contributed by atoms with Crippen LogP contribution in [0.25, 0.3) is 0 Å². The molecule has 0 aromatic heterocycles. The number of carbonyl (C=O) groups excluding carboxylic acids is 2. The largest absolute Gasteiger partial charge is 0.322 e. The summed E-state index contributed by atoms with van der Waals surface area (Å²) in [4.78, 5) is 36.0. The molecule has 0 bridgehead atoms. The van der Waals surface area contributed by atoms with Gasteiger partial charge in [-0.25, -0.2) is 0 Å². The van der Waals surface area contributed by atoms with E-state index in [2.05, 4.69) is 10.6 Å². The van der Waals surface area contributed by atoms with Crippen LogP contribution in [0.15, 0.2) is 54.6 Å². The van der Waals surface area contributed by atoms with E-state index in [0.29, 0.717) is 0 Å². The molecule has 3 aromatic rings. The summed E-state index contributed by atoms with van der Waals surface area (Å²) in [5.41, 5.74) is -0.415. The molecular weight excluding hydrogens is 488 g/mol. The van der Waals surface area contributed by atoms with Gasteiger partial charge in [-0.2, -0.15) is 0 Å². The Morgan fingerprint density at radius 2 is 1.19 bits per heavy atom. The molecule has 7 nitrogen and oxygen atoms in total. The van der Waals surface area contributed by atoms with E-state index in [-0.39, 0.29) is 42.6 Å². The Morgan fingerprint density at radius 1 is 0.742 bits per heavy atom. The number of benzene rings is 3. The van der Waals surface area contributed by atoms with Gasteiger partial charge in [-0.1, -0.05) is 58.5 Å². The maximum absolute atomic E-state index is 12.7. The quantitative estimate of drug-likeness (QED) is 0.301. The number of hydrogen-bond acceptors (Lipinski definition) is 4. The first-order valence-electron chi connectivity index (χ1n) is 8.48. The van der Waals surface area contributed by atoms with Gasteiger partial charge in [-0.3, -0.25) is 19.7 Å². The van der Waals surface area contributed by atoms with E-state index in [1.807, 2.05) is 0 Å². The van der Waals surface area contributed by atoms with E-state index in [0.717, 1.165) is 6.07 Å². The van der Waals surface area contributed by atoms with Crippen LogP contribution in [-0.2, 0) is 0 Å². The molecule has 0 atom stereocenters. The summed E-state index contributed by atoms with van der Waals surface area (Å²) in [6.45, 7) is 0. The number of nitro benzene ring substituents is 1. The minimum Gasteiger partial charge on any atom is -0.322 e. The summed E-state index contributed by atoms with van der Waals surface area (Å²) < 4.78 is 0. The third kappa shape index (κ3) is 5.08. The highest BCUT2D eigenvalue weighted by molar-refractivity contribution is 6.41. The zero-order chi connectivity index (χ0) is 22.7. The minimum absolute atomic E-state index is 0.0395. The van der Waals surface area contributed by atoms with E-state index in [1.165, 1.54) is 36.4 Å². The van der Waals surface area contributed by atoms with Crippen molar-refractivity contribution in [3.8, 4) is 0 Å². The smallest absolute Gasteiger partial charge is 0.292 e. The van der Waals surface area contributed by atoms with E-state index < -0.39 is 22.4 Å². The summed E-state index contributed by atoms with van der Waals surface area (Å²) >= 11 is 24.1. The van der Waals surface area contributed by atoms with E-state index in [1.54, 1.807) is 12.1 Å². The fraction of sp³-hybridized carbons (Fsp3) is 0.